The Morgan fingerprint density at radius 3 is 2.68 bits per heavy atom. The lowest BCUT2D eigenvalue weighted by Gasteiger charge is -2.33. The summed E-state index contributed by atoms with van der Waals surface area (Å²) < 4.78 is 40.3. The van der Waals surface area contributed by atoms with E-state index in [0.717, 1.165) is 43.4 Å². The minimum Gasteiger partial charge on any atom is -0.361 e. The van der Waals surface area contributed by atoms with Gasteiger partial charge in [0.05, 0.1) is 16.6 Å². The Balaban J connectivity index is 1.71. The monoisotopic (exact) mass is 399 g/mol. The number of allylic oxidation sites excluding steroid dienone is 6. The number of rotatable bonds is 2. The van der Waals surface area contributed by atoms with Crippen molar-refractivity contribution in [1.82, 2.24) is 5.32 Å². The number of sulfone groups is 1. The Morgan fingerprint density at radius 2 is 1.89 bits per heavy atom. The summed E-state index contributed by atoms with van der Waals surface area (Å²) >= 11 is 0. The number of dihydropyridines is 1. The van der Waals surface area contributed by atoms with Gasteiger partial charge in [0.25, 0.3) is 0 Å². The fraction of sp³-hybridized carbons (Fsp3) is 0.409. The molecule has 0 aromatic heterocycles. The van der Waals surface area contributed by atoms with Crippen molar-refractivity contribution in [2.24, 2.45) is 0 Å². The van der Waals surface area contributed by atoms with Gasteiger partial charge in [-0.2, -0.15) is 0 Å². The maximum absolute atomic E-state index is 14.6. The zero-order valence-corrected chi connectivity index (χ0v) is 16.4. The van der Waals surface area contributed by atoms with Gasteiger partial charge in [0.2, 0.25) is 0 Å². The van der Waals surface area contributed by atoms with Crippen LogP contribution in [-0.2, 0) is 14.6 Å². The number of hydrogen-bond acceptors (Lipinski definition) is 4. The first-order valence-corrected chi connectivity index (χ1v) is 11.6. The van der Waals surface area contributed by atoms with Gasteiger partial charge in [-0.25, -0.2) is 12.8 Å². The quantitative estimate of drug-likeness (QED) is 0.813. The number of nitrogens with one attached hydrogen (secondary N) is 1. The van der Waals surface area contributed by atoms with Crippen molar-refractivity contribution in [2.45, 2.75) is 50.9 Å². The van der Waals surface area contributed by atoms with Crippen LogP contribution in [0.15, 0.2) is 46.1 Å². The number of halogens is 1. The van der Waals surface area contributed by atoms with E-state index in [2.05, 4.69) is 11.4 Å². The third kappa shape index (κ3) is 2.69. The first-order chi connectivity index (χ1) is 13.5. The van der Waals surface area contributed by atoms with Crippen LogP contribution in [0.5, 0.6) is 0 Å². The van der Waals surface area contributed by atoms with E-state index in [1.54, 1.807) is 12.1 Å². The zero-order valence-electron chi connectivity index (χ0n) is 15.6. The van der Waals surface area contributed by atoms with Gasteiger partial charge in [0, 0.05) is 35.4 Å². The van der Waals surface area contributed by atoms with Gasteiger partial charge in [0.15, 0.2) is 15.6 Å². The van der Waals surface area contributed by atoms with Gasteiger partial charge in [-0.3, -0.25) is 4.79 Å². The third-order valence-electron chi connectivity index (χ3n) is 6.27. The molecule has 4 nitrogen and oxygen atoms in total. The average molecular weight is 399 g/mol. The molecule has 0 fully saturated rings. The van der Waals surface area contributed by atoms with Crippen molar-refractivity contribution >= 4 is 21.2 Å². The van der Waals surface area contributed by atoms with Crippen molar-refractivity contribution in [3.8, 4) is 0 Å². The van der Waals surface area contributed by atoms with Crippen molar-refractivity contribution in [1.29, 1.82) is 0 Å². The van der Waals surface area contributed by atoms with E-state index in [4.69, 9.17) is 0 Å². The highest BCUT2D eigenvalue weighted by Crippen LogP contribution is 2.48. The largest absolute Gasteiger partial charge is 0.361 e. The highest BCUT2D eigenvalue weighted by Gasteiger charge is 2.44. The van der Waals surface area contributed by atoms with Crippen LogP contribution in [0.1, 0.15) is 62.0 Å². The van der Waals surface area contributed by atoms with Gasteiger partial charge in [-0.1, -0.05) is 12.1 Å². The van der Waals surface area contributed by atoms with Crippen LogP contribution < -0.4 is 5.32 Å². The van der Waals surface area contributed by atoms with Crippen molar-refractivity contribution < 1.29 is 17.6 Å². The van der Waals surface area contributed by atoms with E-state index in [1.807, 2.05) is 0 Å². The van der Waals surface area contributed by atoms with E-state index >= 15 is 0 Å². The molecule has 2 aliphatic heterocycles. The summed E-state index contributed by atoms with van der Waals surface area (Å²) in [6.45, 7) is 0. The molecule has 2 aliphatic carbocycles. The Kier molecular flexibility index (Phi) is 4.09. The molecule has 5 rings (SSSR count). The van der Waals surface area contributed by atoms with Gasteiger partial charge in [-0.05, 0) is 55.4 Å². The van der Waals surface area contributed by atoms with Crippen LogP contribution in [0.25, 0.3) is 5.57 Å². The van der Waals surface area contributed by atoms with Crippen molar-refractivity contribution in [3.63, 3.8) is 0 Å². The number of carbonyl (C=O) groups excluding carboxylic acids is 1. The van der Waals surface area contributed by atoms with E-state index in [1.165, 1.54) is 6.07 Å². The minimum absolute atomic E-state index is 0.00152. The molecule has 0 radical (unpaired) electrons. The lowest BCUT2D eigenvalue weighted by Crippen LogP contribution is -2.32. The lowest BCUT2D eigenvalue weighted by molar-refractivity contribution is -0.116. The smallest absolute Gasteiger partial charge is 0.177 e. The van der Waals surface area contributed by atoms with Crippen LogP contribution in [0.3, 0.4) is 0 Å². The Bertz CT molecular complexity index is 1090. The molecule has 1 N–H and O–H groups in total. The first kappa shape index (κ1) is 17.9. The summed E-state index contributed by atoms with van der Waals surface area (Å²) in [6, 6.07) is 4.84. The number of carbonyl (C=O) groups is 1. The first-order valence-electron chi connectivity index (χ1n) is 9.93. The molecule has 6 heteroatoms. The highest BCUT2D eigenvalue weighted by atomic mass is 32.2. The van der Waals surface area contributed by atoms with Crippen LogP contribution in [-0.4, -0.2) is 20.0 Å². The van der Waals surface area contributed by atoms with Gasteiger partial charge >= 0.3 is 0 Å². The van der Waals surface area contributed by atoms with Crippen LogP contribution in [0.2, 0.25) is 0 Å². The number of hydrogen-bond donors (Lipinski definition) is 1. The zero-order chi connectivity index (χ0) is 19.5. The molecule has 1 atom stereocenters. The molecule has 0 amide bonds. The second-order valence-corrected chi connectivity index (χ2v) is 10.1. The molecule has 0 saturated heterocycles. The second kappa shape index (κ2) is 6.41. The normalized spacial score (nSPS) is 26.1. The number of benzene rings is 1. The van der Waals surface area contributed by atoms with E-state index in [0.29, 0.717) is 40.1 Å². The molecule has 1 unspecified atom stereocenters. The predicted molar refractivity (Wildman–Crippen MR) is 105 cm³/mol. The average Bonchev–Trinajstić information content (AvgIpc) is 3.30. The van der Waals surface area contributed by atoms with Crippen molar-refractivity contribution in [2.75, 3.05) is 5.75 Å². The fourth-order valence-corrected chi connectivity index (χ4v) is 6.81. The SMILES string of the molecule is O=C1CCCC2=C1C(c1ccc(F)c(C3=CCCC3)c1)C1=C(CCS1(=O)=O)N2. The van der Waals surface area contributed by atoms with Crippen LogP contribution >= 0.6 is 0 Å². The van der Waals surface area contributed by atoms with Crippen LogP contribution in [0.4, 0.5) is 4.39 Å². The van der Waals surface area contributed by atoms with Crippen LogP contribution in [0, 0.1) is 5.82 Å². The molecule has 28 heavy (non-hydrogen) atoms. The van der Waals surface area contributed by atoms with Gasteiger partial charge in [-0.15, -0.1) is 0 Å². The van der Waals surface area contributed by atoms with Gasteiger partial charge in [0.1, 0.15) is 5.82 Å². The molecule has 1 aromatic carbocycles. The summed E-state index contributed by atoms with van der Waals surface area (Å²) in [7, 11) is -3.44. The predicted octanol–water partition coefficient (Wildman–Crippen LogP) is 4.12. The summed E-state index contributed by atoms with van der Waals surface area (Å²) in [5, 5.41) is 3.26. The molecule has 4 aliphatic rings. The lowest BCUT2D eigenvalue weighted by atomic mass is 9.78. The van der Waals surface area contributed by atoms with E-state index in [9.17, 15) is 17.6 Å². The molecule has 0 spiro atoms. The molecular formula is C22H22FNO3S. The third-order valence-corrected chi connectivity index (χ3v) is 8.17. The topological polar surface area (TPSA) is 63.2 Å². The molecule has 0 saturated carbocycles. The Labute approximate surface area is 164 Å². The highest BCUT2D eigenvalue weighted by molar-refractivity contribution is 7.95. The number of Topliss-reactive ketones (excluding diaryl/α,β-unsaturated/α-hetero) is 1. The minimum atomic E-state index is -3.44. The molecule has 146 valence electrons. The number of ketones is 1. The summed E-state index contributed by atoms with van der Waals surface area (Å²) in [4.78, 5) is 13.1. The van der Waals surface area contributed by atoms with Gasteiger partial charge < -0.3 is 5.32 Å². The maximum atomic E-state index is 14.6. The summed E-state index contributed by atoms with van der Waals surface area (Å²) in [5.41, 5.74) is 4.34. The Hall–Kier alpha value is -2.21. The molecule has 0 bridgehead atoms. The standard InChI is InChI=1S/C22H22FNO3S/c23-16-9-8-14(12-15(16)13-4-1-2-5-13)20-21-17(6-3-7-19(21)25)24-18-10-11-28(26,27)22(18)20/h4,8-9,12,20,24H,1-3,5-7,10-11H2. The Morgan fingerprint density at radius 1 is 1.04 bits per heavy atom. The second-order valence-electron chi connectivity index (χ2n) is 8.00. The van der Waals surface area contributed by atoms with E-state index in [-0.39, 0.29) is 17.4 Å². The maximum Gasteiger partial charge on any atom is 0.177 e. The van der Waals surface area contributed by atoms with E-state index < -0.39 is 15.8 Å². The molecule has 1 aromatic rings. The summed E-state index contributed by atoms with van der Waals surface area (Å²) in [5.74, 6) is -0.848. The summed E-state index contributed by atoms with van der Waals surface area (Å²) in [6.07, 6.45) is 7.20. The van der Waals surface area contributed by atoms with Crippen molar-refractivity contribution in [3.05, 3.63) is 63.1 Å². The molecular weight excluding hydrogens is 377 g/mol. The fourth-order valence-electron chi connectivity index (χ4n) is 4.98. The molecule has 2 heterocycles.